The molecule has 8 heteroatoms. The van der Waals surface area contributed by atoms with E-state index in [1.54, 1.807) is 24.5 Å². The van der Waals surface area contributed by atoms with Crippen molar-refractivity contribution in [2.24, 2.45) is 0 Å². The van der Waals surface area contributed by atoms with Crippen LogP contribution in [0.15, 0.2) is 45.5 Å². The second kappa shape index (κ2) is 7.17. The number of ether oxygens (including phenoxy) is 1. The van der Waals surface area contributed by atoms with Crippen molar-refractivity contribution < 1.29 is 13.7 Å². The molecule has 0 radical (unpaired) electrons. The molecule has 1 aliphatic heterocycles. The van der Waals surface area contributed by atoms with Crippen LogP contribution in [0, 0.1) is 0 Å². The second-order valence-corrected chi connectivity index (χ2v) is 6.58. The summed E-state index contributed by atoms with van der Waals surface area (Å²) in [7, 11) is 0. The van der Waals surface area contributed by atoms with E-state index in [0.717, 1.165) is 12.1 Å². The summed E-state index contributed by atoms with van der Waals surface area (Å²) in [6.45, 7) is 2.70. The van der Waals surface area contributed by atoms with Gasteiger partial charge in [-0.25, -0.2) is 0 Å². The number of rotatable bonds is 4. The van der Waals surface area contributed by atoms with Gasteiger partial charge in [0.15, 0.2) is 11.6 Å². The first-order valence-electron chi connectivity index (χ1n) is 7.84. The maximum atomic E-state index is 6.11. The van der Waals surface area contributed by atoms with Crippen molar-refractivity contribution in [2.75, 3.05) is 19.7 Å². The molecule has 0 spiro atoms. The smallest absolute Gasteiger partial charge is 0.293 e. The van der Waals surface area contributed by atoms with E-state index in [-0.39, 0.29) is 6.10 Å². The Balaban J connectivity index is 1.44. The normalized spacial score (nSPS) is 18.6. The van der Waals surface area contributed by atoms with Crippen LogP contribution in [0.2, 0.25) is 10.0 Å². The van der Waals surface area contributed by atoms with Crippen LogP contribution in [0.4, 0.5) is 0 Å². The van der Waals surface area contributed by atoms with Crippen LogP contribution in [0.25, 0.3) is 11.7 Å². The average molecular weight is 380 g/mol. The summed E-state index contributed by atoms with van der Waals surface area (Å²) in [5.74, 6) is 1.56. The lowest BCUT2D eigenvalue weighted by Gasteiger charge is -2.32. The van der Waals surface area contributed by atoms with Crippen LogP contribution >= 0.6 is 23.2 Å². The van der Waals surface area contributed by atoms with E-state index in [0.29, 0.717) is 47.2 Å². The van der Waals surface area contributed by atoms with Gasteiger partial charge in [-0.05, 0) is 29.8 Å². The highest BCUT2D eigenvalue weighted by Crippen LogP contribution is 2.29. The Kier molecular flexibility index (Phi) is 4.76. The molecule has 1 fully saturated rings. The van der Waals surface area contributed by atoms with Crippen LogP contribution in [0.5, 0.6) is 0 Å². The third-order valence-corrected chi connectivity index (χ3v) is 4.77. The van der Waals surface area contributed by atoms with Gasteiger partial charge in [0, 0.05) is 13.1 Å². The molecule has 4 rings (SSSR count). The zero-order valence-corrected chi connectivity index (χ0v) is 14.7. The van der Waals surface area contributed by atoms with E-state index in [1.807, 2.05) is 12.1 Å². The SMILES string of the molecule is Clc1ccc([C@@H]2CN(Cc3noc(-c4ccco4)n3)CCO2)cc1Cl. The maximum absolute atomic E-state index is 6.11. The molecule has 2 aromatic heterocycles. The van der Waals surface area contributed by atoms with Gasteiger partial charge >= 0.3 is 0 Å². The van der Waals surface area contributed by atoms with Gasteiger partial charge in [0.25, 0.3) is 5.89 Å². The first kappa shape index (κ1) is 16.6. The minimum atomic E-state index is -0.0695. The number of morpholine rings is 1. The molecule has 1 aliphatic rings. The molecular formula is C17H15Cl2N3O3. The molecule has 0 amide bonds. The highest BCUT2D eigenvalue weighted by Gasteiger charge is 2.24. The van der Waals surface area contributed by atoms with Crippen LogP contribution < -0.4 is 0 Å². The Hall–Kier alpha value is -1.86. The molecule has 130 valence electrons. The number of aromatic nitrogens is 2. The van der Waals surface area contributed by atoms with Gasteiger partial charge in [-0.15, -0.1) is 0 Å². The standard InChI is InChI=1S/C17H15Cl2N3O3/c18-12-4-3-11(8-13(12)19)15-9-22(5-7-24-15)10-16-20-17(25-21-16)14-2-1-6-23-14/h1-4,6,8,15H,5,7,9-10H2/t15-/m0/s1. The van der Waals surface area contributed by atoms with Crippen LogP contribution in [0.3, 0.4) is 0 Å². The van der Waals surface area contributed by atoms with Crippen molar-refractivity contribution in [3.05, 3.63) is 58.0 Å². The molecule has 6 nitrogen and oxygen atoms in total. The lowest BCUT2D eigenvalue weighted by atomic mass is 10.1. The summed E-state index contributed by atoms with van der Waals surface area (Å²) in [6, 6.07) is 9.14. The van der Waals surface area contributed by atoms with E-state index in [4.69, 9.17) is 36.9 Å². The molecule has 1 aromatic carbocycles. The lowest BCUT2D eigenvalue weighted by molar-refractivity contribution is -0.0338. The minimum absolute atomic E-state index is 0.0695. The van der Waals surface area contributed by atoms with Gasteiger partial charge in [-0.3, -0.25) is 4.90 Å². The molecule has 3 aromatic rings. The van der Waals surface area contributed by atoms with Crippen molar-refractivity contribution in [2.45, 2.75) is 12.6 Å². The van der Waals surface area contributed by atoms with E-state index in [2.05, 4.69) is 15.0 Å². The maximum Gasteiger partial charge on any atom is 0.293 e. The number of furan rings is 1. The van der Waals surface area contributed by atoms with Gasteiger partial charge in [0.2, 0.25) is 0 Å². The fourth-order valence-electron chi connectivity index (χ4n) is 2.78. The Labute approximate surface area is 154 Å². The number of hydrogen-bond donors (Lipinski definition) is 0. The first-order chi connectivity index (χ1) is 12.2. The summed E-state index contributed by atoms with van der Waals surface area (Å²) < 4.78 is 16.4. The van der Waals surface area contributed by atoms with Gasteiger partial charge < -0.3 is 13.7 Å². The first-order valence-corrected chi connectivity index (χ1v) is 8.60. The molecule has 0 N–H and O–H groups in total. The monoisotopic (exact) mass is 379 g/mol. The molecular weight excluding hydrogens is 365 g/mol. The Bertz CT molecular complexity index is 851. The molecule has 0 unspecified atom stereocenters. The van der Waals surface area contributed by atoms with Gasteiger partial charge in [0.1, 0.15) is 0 Å². The minimum Gasteiger partial charge on any atom is -0.459 e. The second-order valence-electron chi connectivity index (χ2n) is 5.76. The quantitative estimate of drug-likeness (QED) is 0.676. The number of benzene rings is 1. The van der Waals surface area contributed by atoms with Crippen LogP contribution in [0.1, 0.15) is 17.5 Å². The van der Waals surface area contributed by atoms with Crippen molar-refractivity contribution in [3.63, 3.8) is 0 Å². The summed E-state index contributed by atoms with van der Waals surface area (Å²) in [5.41, 5.74) is 1.00. The van der Waals surface area contributed by atoms with E-state index in [9.17, 15) is 0 Å². The van der Waals surface area contributed by atoms with Crippen molar-refractivity contribution in [1.29, 1.82) is 0 Å². The lowest BCUT2D eigenvalue weighted by Crippen LogP contribution is -2.38. The molecule has 0 aliphatic carbocycles. The van der Waals surface area contributed by atoms with Crippen molar-refractivity contribution in [3.8, 4) is 11.7 Å². The van der Waals surface area contributed by atoms with E-state index < -0.39 is 0 Å². The van der Waals surface area contributed by atoms with Crippen LogP contribution in [-0.2, 0) is 11.3 Å². The van der Waals surface area contributed by atoms with Gasteiger partial charge in [0.05, 0.1) is 35.6 Å². The highest BCUT2D eigenvalue weighted by molar-refractivity contribution is 6.42. The topological polar surface area (TPSA) is 64.5 Å². The van der Waals surface area contributed by atoms with Gasteiger partial charge in [-0.1, -0.05) is 34.4 Å². The average Bonchev–Trinajstić information content (AvgIpc) is 3.29. The fraction of sp³-hybridized carbons (Fsp3) is 0.294. The molecule has 0 saturated carbocycles. The third kappa shape index (κ3) is 3.72. The predicted octanol–water partition coefficient (Wildman–Crippen LogP) is 4.21. The molecule has 25 heavy (non-hydrogen) atoms. The highest BCUT2D eigenvalue weighted by atomic mass is 35.5. The van der Waals surface area contributed by atoms with Crippen molar-refractivity contribution >= 4 is 23.2 Å². The molecule has 3 heterocycles. The molecule has 0 bridgehead atoms. The van der Waals surface area contributed by atoms with Crippen molar-refractivity contribution in [1.82, 2.24) is 15.0 Å². The Morgan fingerprint density at radius 3 is 2.92 bits per heavy atom. The number of nitrogens with zero attached hydrogens (tertiary/aromatic N) is 3. The van der Waals surface area contributed by atoms with E-state index in [1.165, 1.54) is 0 Å². The fourth-order valence-corrected chi connectivity index (χ4v) is 3.09. The summed E-state index contributed by atoms with van der Waals surface area (Å²) in [5, 5.41) is 5.09. The summed E-state index contributed by atoms with van der Waals surface area (Å²) in [4.78, 5) is 6.59. The molecule has 1 saturated heterocycles. The Morgan fingerprint density at radius 1 is 1.20 bits per heavy atom. The van der Waals surface area contributed by atoms with Crippen LogP contribution in [-0.4, -0.2) is 34.7 Å². The summed E-state index contributed by atoms with van der Waals surface area (Å²) in [6.07, 6.45) is 1.50. The predicted molar refractivity (Wildman–Crippen MR) is 92.4 cm³/mol. The number of halogens is 2. The Morgan fingerprint density at radius 2 is 2.12 bits per heavy atom. The zero-order valence-electron chi connectivity index (χ0n) is 13.2. The molecule has 1 atom stereocenters. The largest absolute Gasteiger partial charge is 0.459 e. The zero-order chi connectivity index (χ0) is 17.2. The van der Waals surface area contributed by atoms with E-state index >= 15 is 0 Å². The van der Waals surface area contributed by atoms with Gasteiger partial charge in [-0.2, -0.15) is 4.98 Å². The third-order valence-electron chi connectivity index (χ3n) is 4.03. The number of hydrogen-bond acceptors (Lipinski definition) is 6. The summed E-state index contributed by atoms with van der Waals surface area (Å²) >= 11 is 12.1.